The van der Waals surface area contributed by atoms with E-state index in [9.17, 15) is 9.65 Å². The van der Waals surface area contributed by atoms with Gasteiger partial charge >= 0.3 is 0 Å². The molecule has 0 unspecified atom stereocenters. The lowest BCUT2D eigenvalue weighted by molar-refractivity contribution is 0.496. The van der Waals surface area contributed by atoms with Crippen LogP contribution in [0.15, 0.2) is 18.2 Å². The Morgan fingerprint density at radius 1 is 1.41 bits per heavy atom. The first-order valence-corrected chi connectivity index (χ1v) is 7.43. The fraction of sp³-hybridized carbons (Fsp3) is 0.438. The van der Waals surface area contributed by atoms with Crippen molar-refractivity contribution in [3.8, 4) is 6.07 Å². The quantitative estimate of drug-likeness (QED) is 0.874. The van der Waals surface area contributed by atoms with Gasteiger partial charge in [-0.25, -0.2) is 14.1 Å². The zero-order valence-electron chi connectivity index (χ0n) is 12.8. The molecule has 0 bridgehead atoms. The predicted octanol–water partition coefficient (Wildman–Crippen LogP) is 2.57. The molecule has 1 aliphatic rings. The van der Waals surface area contributed by atoms with Gasteiger partial charge in [0.15, 0.2) is 0 Å². The number of anilines is 1. The molecule has 1 aliphatic heterocycles. The Labute approximate surface area is 129 Å². The van der Waals surface area contributed by atoms with Gasteiger partial charge < -0.3 is 4.90 Å². The number of hydrogen-bond acceptors (Lipinski definition) is 4. The summed E-state index contributed by atoms with van der Waals surface area (Å²) in [7, 11) is 0. The molecular weight excluding hydrogens is 281 g/mol. The topological polar surface area (TPSA) is 57.7 Å². The minimum Gasteiger partial charge on any atom is -0.366 e. The van der Waals surface area contributed by atoms with Crippen molar-refractivity contribution >= 4 is 5.69 Å². The van der Waals surface area contributed by atoms with Crippen LogP contribution in [0.2, 0.25) is 0 Å². The van der Waals surface area contributed by atoms with Crippen molar-refractivity contribution in [2.24, 2.45) is 0 Å². The highest BCUT2D eigenvalue weighted by atomic mass is 19.1. The molecule has 0 aliphatic carbocycles. The molecular formula is C16H18FN5. The lowest BCUT2D eigenvalue weighted by atomic mass is 10.1. The Bertz CT molecular complexity index is 731. The van der Waals surface area contributed by atoms with Crippen molar-refractivity contribution in [2.75, 3.05) is 11.4 Å². The Kier molecular flexibility index (Phi) is 3.80. The molecule has 6 heteroatoms. The second-order valence-corrected chi connectivity index (χ2v) is 5.62. The third-order valence-corrected chi connectivity index (χ3v) is 4.14. The zero-order chi connectivity index (χ0) is 15.7. The van der Waals surface area contributed by atoms with E-state index in [2.05, 4.69) is 15.0 Å². The first-order chi connectivity index (χ1) is 10.6. The molecule has 3 rings (SSSR count). The molecule has 2 aromatic rings. The third kappa shape index (κ3) is 2.54. The largest absolute Gasteiger partial charge is 0.366 e. The van der Waals surface area contributed by atoms with E-state index in [4.69, 9.17) is 0 Å². The molecule has 0 amide bonds. The van der Waals surface area contributed by atoms with Crippen molar-refractivity contribution < 1.29 is 4.39 Å². The summed E-state index contributed by atoms with van der Waals surface area (Å²) in [6.07, 6.45) is 2.03. The highest BCUT2D eigenvalue weighted by Crippen LogP contribution is 2.30. The van der Waals surface area contributed by atoms with E-state index in [1.807, 2.05) is 30.7 Å². The van der Waals surface area contributed by atoms with Gasteiger partial charge in [-0.3, -0.25) is 0 Å². The third-order valence-electron chi connectivity index (χ3n) is 4.14. The highest BCUT2D eigenvalue weighted by molar-refractivity contribution is 5.61. The van der Waals surface area contributed by atoms with E-state index < -0.39 is 5.82 Å². The van der Waals surface area contributed by atoms with Gasteiger partial charge in [0.2, 0.25) is 0 Å². The fourth-order valence-electron chi connectivity index (χ4n) is 3.14. The van der Waals surface area contributed by atoms with E-state index >= 15 is 0 Å². The number of halogens is 1. The molecule has 5 nitrogen and oxygen atoms in total. The molecule has 1 fully saturated rings. The number of nitrogens with zero attached hydrogens (tertiary/aromatic N) is 5. The Balaban J connectivity index is 1.90. The second kappa shape index (κ2) is 5.76. The van der Waals surface area contributed by atoms with Crippen LogP contribution in [0.5, 0.6) is 0 Å². The van der Waals surface area contributed by atoms with Gasteiger partial charge in [-0.2, -0.15) is 10.4 Å². The van der Waals surface area contributed by atoms with Crippen LogP contribution in [0, 0.1) is 31.0 Å². The van der Waals surface area contributed by atoms with E-state index in [-0.39, 0.29) is 11.6 Å². The Morgan fingerprint density at radius 2 is 2.23 bits per heavy atom. The van der Waals surface area contributed by atoms with Gasteiger partial charge in [-0.1, -0.05) is 6.07 Å². The maximum Gasteiger partial charge on any atom is 0.147 e. The molecule has 0 saturated carbocycles. The van der Waals surface area contributed by atoms with Crippen molar-refractivity contribution in [3.63, 3.8) is 0 Å². The molecule has 0 N–H and O–H groups in total. The summed E-state index contributed by atoms with van der Waals surface area (Å²) < 4.78 is 15.7. The van der Waals surface area contributed by atoms with Gasteiger partial charge in [-0.15, -0.1) is 0 Å². The lowest BCUT2D eigenvalue weighted by Crippen LogP contribution is -2.34. The van der Waals surface area contributed by atoms with Crippen molar-refractivity contribution in [2.45, 2.75) is 39.3 Å². The monoisotopic (exact) mass is 299 g/mol. The SMILES string of the molecule is Cc1nc(C)n(C[C@@H]2CCCN2c2cccc(F)c2C#N)n1. The van der Waals surface area contributed by atoms with Crippen LogP contribution in [-0.2, 0) is 6.54 Å². The number of benzene rings is 1. The van der Waals surface area contributed by atoms with Crippen LogP contribution in [0.25, 0.3) is 0 Å². The average Bonchev–Trinajstić information content (AvgIpc) is 3.06. The lowest BCUT2D eigenvalue weighted by Gasteiger charge is -2.27. The number of nitriles is 1. The highest BCUT2D eigenvalue weighted by Gasteiger charge is 2.28. The zero-order valence-corrected chi connectivity index (χ0v) is 12.8. The first-order valence-electron chi connectivity index (χ1n) is 7.43. The number of aromatic nitrogens is 3. The van der Waals surface area contributed by atoms with Gasteiger partial charge in [0.25, 0.3) is 0 Å². The Hall–Kier alpha value is -2.42. The number of aryl methyl sites for hydroxylation is 2. The van der Waals surface area contributed by atoms with Gasteiger partial charge in [0.1, 0.15) is 29.1 Å². The van der Waals surface area contributed by atoms with E-state index in [1.165, 1.54) is 6.07 Å². The van der Waals surface area contributed by atoms with Crippen LogP contribution in [0.4, 0.5) is 10.1 Å². The maximum atomic E-state index is 13.8. The number of hydrogen-bond donors (Lipinski definition) is 0. The molecule has 0 spiro atoms. The molecule has 114 valence electrons. The molecule has 22 heavy (non-hydrogen) atoms. The second-order valence-electron chi connectivity index (χ2n) is 5.62. The molecule has 1 saturated heterocycles. The van der Waals surface area contributed by atoms with E-state index in [0.717, 1.165) is 31.0 Å². The van der Waals surface area contributed by atoms with Crippen LogP contribution in [-0.4, -0.2) is 27.4 Å². The van der Waals surface area contributed by atoms with Crippen LogP contribution < -0.4 is 4.90 Å². The summed E-state index contributed by atoms with van der Waals surface area (Å²) in [6, 6.07) is 7.00. The summed E-state index contributed by atoms with van der Waals surface area (Å²) in [5.41, 5.74) is 0.806. The van der Waals surface area contributed by atoms with Crippen LogP contribution in [0.1, 0.15) is 30.1 Å². The number of rotatable bonds is 3. The van der Waals surface area contributed by atoms with Gasteiger partial charge in [0, 0.05) is 12.6 Å². The van der Waals surface area contributed by atoms with Gasteiger partial charge in [-0.05, 0) is 38.8 Å². The maximum absolute atomic E-state index is 13.8. The van der Waals surface area contributed by atoms with E-state index in [1.54, 1.807) is 6.07 Å². The fourth-order valence-corrected chi connectivity index (χ4v) is 3.14. The summed E-state index contributed by atoms with van der Waals surface area (Å²) in [5.74, 6) is 1.17. The molecule has 1 aromatic carbocycles. The first kappa shape index (κ1) is 14.5. The van der Waals surface area contributed by atoms with Crippen molar-refractivity contribution in [3.05, 3.63) is 41.2 Å². The van der Waals surface area contributed by atoms with E-state index in [0.29, 0.717) is 12.2 Å². The molecule has 1 atom stereocenters. The summed E-state index contributed by atoms with van der Waals surface area (Å²) in [5, 5.41) is 13.6. The van der Waals surface area contributed by atoms with Crippen LogP contribution in [0.3, 0.4) is 0 Å². The van der Waals surface area contributed by atoms with Crippen LogP contribution >= 0.6 is 0 Å². The van der Waals surface area contributed by atoms with Crippen molar-refractivity contribution in [1.82, 2.24) is 14.8 Å². The van der Waals surface area contributed by atoms with Gasteiger partial charge in [0.05, 0.1) is 12.2 Å². The average molecular weight is 299 g/mol. The normalized spacial score (nSPS) is 17.7. The summed E-state index contributed by atoms with van der Waals surface area (Å²) in [4.78, 5) is 6.44. The molecule has 2 heterocycles. The smallest absolute Gasteiger partial charge is 0.147 e. The minimum absolute atomic E-state index is 0.126. The van der Waals surface area contributed by atoms with Crippen molar-refractivity contribution in [1.29, 1.82) is 5.26 Å². The summed E-state index contributed by atoms with van der Waals surface area (Å²) >= 11 is 0. The molecule has 1 aromatic heterocycles. The standard InChI is InChI=1S/C16H18FN5/c1-11-19-12(2)22(20-11)10-13-5-4-8-21(13)16-7-3-6-15(17)14(16)9-18/h3,6-7,13H,4-5,8,10H2,1-2H3/t13-/m0/s1. The minimum atomic E-state index is -0.460. The summed E-state index contributed by atoms with van der Waals surface area (Å²) in [6.45, 7) is 5.34. The molecule has 0 radical (unpaired) electrons. The Morgan fingerprint density at radius 3 is 2.91 bits per heavy atom. The predicted molar refractivity (Wildman–Crippen MR) is 81.0 cm³/mol.